The highest BCUT2D eigenvalue weighted by Gasteiger charge is 2.60. The largest absolute Gasteiger partial charge is 0.366 e. The van der Waals surface area contributed by atoms with Gasteiger partial charge in [0.2, 0.25) is 0 Å². The molecule has 0 aliphatic carbocycles. The maximum absolute atomic E-state index is 5.55. The van der Waals surface area contributed by atoms with Gasteiger partial charge in [0.1, 0.15) is 12.2 Å². The number of epoxide rings is 1. The molecule has 2 nitrogen and oxygen atoms in total. The molecule has 0 unspecified atom stereocenters. The van der Waals surface area contributed by atoms with Crippen LogP contribution in [-0.2, 0) is 4.74 Å². The molecule has 10 heavy (non-hydrogen) atoms. The zero-order valence-corrected chi connectivity index (χ0v) is 6.29. The minimum Gasteiger partial charge on any atom is -0.366 e. The van der Waals surface area contributed by atoms with Gasteiger partial charge >= 0.3 is 0 Å². The van der Waals surface area contributed by atoms with Crippen LogP contribution in [0, 0.1) is 0 Å². The lowest BCUT2D eigenvalue weighted by Crippen LogP contribution is -2.41. The topological polar surface area (TPSA) is 15.8 Å². The molecular weight excluding hydrogens is 126 g/mol. The van der Waals surface area contributed by atoms with Gasteiger partial charge in [0, 0.05) is 12.1 Å². The van der Waals surface area contributed by atoms with E-state index >= 15 is 0 Å². The van der Waals surface area contributed by atoms with Crippen molar-refractivity contribution in [2.75, 3.05) is 7.05 Å². The third-order valence-electron chi connectivity index (χ3n) is 3.37. The second kappa shape index (κ2) is 1.56. The Balaban J connectivity index is 1.94. The van der Waals surface area contributed by atoms with E-state index in [4.69, 9.17) is 4.74 Å². The SMILES string of the molecule is CN1[C@H]2CCC[C@H]1[C@H]1O[C@H]12. The monoisotopic (exact) mass is 139 g/mol. The van der Waals surface area contributed by atoms with E-state index in [0.29, 0.717) is 12.2 Å². The van der Waals surface area contributed by atoms with Crippen LogP contribution >= 0.6 is 0 Å². The zero-order valence-electron chi connectivity index (χ0n) is 6.29. The standard InChI is InChI=1S/C8H13NO/c1-9-5-3-2-4-6(9)8-7(5)10-8/h5-8H,2-4H2,1H3/t5-,6-,7-,8+/m0/s1. The highest BCUT2D eigenvalue weighted by Crippen LogP contribution is 2.47. The number of hydrogen-bond acceptors (Lipinski definition) is 2. The molecule has 3 aliphatic rings. The fraction of sp³-hybridized carbons (Fsp3) is 1.00. The van der Waals surface area contributed by atoms with Crippen molar-refractivity contribution in [1.29, 1.82) is 0 Å². The number of hydrogen-bond donors (Lipinski definition) is 0. The molecule has 3 heterocycles. The summed E-state index contributed by atoms with van der Waals surface area (Å²) in [5.41, 5.74) is 0. The number of morpholine rings is 1. The van der Waals surface area contributed by atoms with E-state index < -0.39 is 0 Å². The predicted octanol–water partition coefficient (Wildman–Crippen LogP) is 0.620. The Morgan fingerprint density at radius 1 is 1.20 bits per heavy atom. The van der Waals surface area contributed by atoms with Crippen molar-refractivity contribution in [3.63, 3.8) is 0 Å². The molecule has 3 rings (SSSR count). The maximum Gasteiger partial charge on any atom is 0.101 e. The van der Waals surface area contributed by atoms with Crippen molar-refractivity contribution in [2.45, 2.75) is 43.6 Å². The molecule has 3 aliphatic heterocycles. The molecule has 0 spiro atoms. The van der Waals surface area contributed by atoms with Gasteiger partial charge in [-0.25, -0.2) is 0 Å². The van der Waals surface area contributed by atoms with Crippen LogP contribution in [0.2, 0.25) is 0 Å². The highest BCUT2D eigenvalue weighted by molar-refractivity contribution is 5.12. The number of fused-ring (bicyclic) bond motifs is 5. The van der Waals surface area contributed by atoms with Crippen LogP contribution in [0.4, 0.5) is 0 Å². The summed E-state index contributed by atoms with van der Waals surface area (Å²) in [4.78, 5) is 2.53. The second-order valence-electron chi connectivity index (χ2n) is 3.80. The fourth-order valence-corrected chi connectivity index (χ4v) is 2.74. The van der Waals surface area contributed by atoms with Crippen LogP contribution in [0.5, 0.6) is 0 Å². The third-order valence-corrected chi connectivity index (χ3v) is 3.37. The molecule has 0 aromatic heterocycles. The molecular formula is C8H13NO. The molecule has 4 atom stereocenters. The van der Waals surface area contributed by atoms with Crippen molar-refractivity contribution >= 4 is 0 Å². The van der Waals surface area contributed by atoms with Crippen molar-refractivity contribution in [2.24, 2.45) is 0 Å². The van der Waals surface area contributed by atoms with E-state index in [0.717, 1.165) is 12.1 Å². The number of nitrogens with zero attached hydrogens (tertiary/aromatic N) is 1. The third kappa shape index (κ3) is 0.487. The highest BCUT2D eigenvalue weighted by atomic mass is 16.6. The van der Waals surface area contributed by atoms with Gasteiger partial charge in [-0.1, -0.05) is 6.42 Å². The number of ether oxygens (including phenoxy) is 1. The lowest BCUT2D eigenvalue weighted by Gasteiger charge is -2.33. The van der Waals surface area contributed by atoms with Gasteiger partial charge in [-0.05, 0) is 19.9 Å². The summed E-state index contributed by atoms with van der Waals surface area (Å²) in [5, 5.41) is 0. The van der Waals surface area contributed by atoms with Gasteiger partial charge in [0.05, 0.1) is 0 Å². The van der Waals surface area contributed by atoms with E-state index in [-0.39, 0.29) is 0 Å². The molecule has 0 N–H and O–H groups in total. The number of likely N-dealkylation sites (N-methyl/N-ethyl adjacent to an activating group) is 1. The first kappa shape index (κ1) is 5.56. The van der Waals surface area contributed by atoms with Crippen LogP contribution in [0.3, 0.4) is 0 Å². The van der Waals surface area contributed by atoms with Gasteiger partial charge in [-0.2, -0.15) is 0 Å². The Hall–Kier alpha value is -0.0800. The second-order valence-corrected chi connectivity index (χ2v) is 3.80. The van der Waals surface area contributed by atoms with Gasteiger partial charge < -0.3 is 4.74 Å². The fourth-order valence-electron chi connectivity index (χ4n) is 2.74. The van der Waals surface area contributed by atoms with Gasteiger partial charge in [0.25, 0.3) is 0 Å². The smallest absolute Gasteiger partial charge is 0.101 e. The van der Waals surface area contributed by atoms with E-state index in [1.807, 2.05) is 0 Å². The Labute approximate surface area is 61.1 Å². The van der Waals surface area contributed by atoms with E-state index in [9.17, 15) is 0 Å². The molecule has 2 heteroatoms. The Morgan fingerprint density at radius 2 is 1.80 bits per heavy atom. The molecule has 0 aromatic carbocycles. The first-order valence-electron chi connectivity index (χ1n) is 4.25. The van der Waals surface area contributed by atoms with E-state index in [1.54, 1.807) is 0 Å². The Kier molecular flexibility index (Phi) is 0.868. The molecule has 0 saturated carbocycles. The van der Waals surface area contributed by atoms with Crippen LogP contribution in [0.15, 0.2) is 0 Å². The molecule has 3 fully saturated rings. The summed E-state index contributed by atoms with van der Waals surface area (Å²) in [6.07, 6.45) is 5.44. The Morgan fingerprint density at radius 3 is 2.30 bits per heavy atom. The average molecular weight is 139 g/mol. The molecule has 56 valence electrons. The summed E-state index contributed by atoms with van der Waals surface area (Å²) < 4.78 is 5.55. The van der Waals surface area contributed by atoms with Crippen molar-refractivity contribution < 1.29 is 4.74 Å². The Bertz CT molecular complexity index is 155. The predicted molar refractivity (Wildman–Crippen MR) is 37.9 cm³/mol. The van der Waals surface area contributed by atoms with Crippen LogP contribution in [0.1, 0.15) is 19.3 Å². The summed E-state index contributed by atoms with van der Waals surface area (Å²) >= 11 is 0. The van der Waals surface area contributed by atoms with Gasteiger partial charge in [0.15, 0.2) is 0 Å². The van der Waals surface area contributed by atoms with Crippen LogP contribution < -0.4 is 0 Å². The van der Waals surface area contributed by atoms with Crippen molar-refractivity contribution in [3.8, 4) is 0 Å². The quantitative estimate of drug-likeness (QED) is 0.457. The molecule has 2 bridgehead atoms. The average Bonchev–Trinajstić information content (AvgIpc) is 2.59. The van der Waals surface area contributed by atoms with E-state index in [1.165, 1.54) is 19.3 Å². The minimum atomic E-state index is 0.637. The van der Waals surface area contributed by atoms with Crippen LogP contribution in [-0.4, -0.2) is 36.2 Å². The lowest BCUT2D eigenvalue weighted by molar-refractivity contribution is 0.0755. The van der Waals surface area contributed by atoms with E-state index in [2.05, 4.69) is 11.9 Å². The molecule has 3 saturated heterocycles. The van der Waals surface area contributed by atoms with Gasteiger partial charge in [-0.15, -0.1) is 0 Å². The number of piperidine rings is 1. The number of rotatable bonds is 0. The zero-order chi connectivity index (χ0) is 6.72. The summed E-state index contributed by atoms with van der Waals surface area (Å²) in [6.45, 7) is 0. The molecule has 0 aromatic rings. The molecule has 0 amide bonds. The summed E-state index contributed by atoms with van der Waals surface area (Å²) in [7, 11) is 2.25. The van der Waals surface area contributed by atoms with Crippen molar-refractivity contribution in [1.82, 2.24) is 4.90 Å². The molecule has 0 radical (unpaired) electrons. The minimum absolute atomic E-state index is 0.637. The first-order valence-corrected chi connectivity index (χ1v) is 4.25. The normalized spacial score (nSPS) is 58.5. The van der Waals surface area contributed by atoms with Gasteiger partial charge in [-0.3, -0.25) is 4.90 Å². The van der Waals surface area contributed by atoms with Crippen molar-refractivity contribution in [3.05, 3.63) is 0 Å². The first-order chi connectivity index (χ1) is 4.88. The van der Waals surface area contributed by atoms with Crippen LogP contribution in [0.25, 0.3) is 0 Å². The maximum atomic E-state index is 5.55. The summed E-state index contributed by atoms with van der Waals surface area (Å²) in [5.74, 6) is 0. The summed E-state index contributed by atoms with van der Waals surface area (Å²) in [6, 6.07) is 1.56. The lowest BCUT2D eigenvalue weighted by atomic mass is 10.0.